The number of carbonyl (C=O) groups is 1. The highest BCUT2D eigenvalue weighted by atomic mass is 35.5. The Bertz CT molecular complexity index is 1000. The molecule has 2 aromatic carbocycles. The van der Waals surface area contributed by atoms with Crippen LogP contribution < -0.4 is 9.47 Å². The molecule has 2 aliphatic heterocycles. The van der Waals surface area contributed by atoms with Crippen molar-refractivity contribution < 1.29 is 28.7 Å². The molecule has 28 heavy (non-hydrogen) atoms. The molecule has 0 saturated heterocycles. The van der Waals surface area contributed by atoms with Gasteiger partial charge >= 0.3 is 5.97 Å². The first kappa shape index (κ1) is 18.3. The van der Waals surface area contributed by atoms with Gasteiger partial charge in [0.05, 0.1) is 17.1 Å². The van der Waals surface area contributed by atoms with Crippen molar-refractivity contribution in [3.8, 4) is 11.5 Å². The summed E-state index contributed by atoms with van der Waals surface area (Å²) in [5, 5.41) is 11.7. The zero-order valence-electron chi connectivity index (χ0n) is 14.5. The summed E-state index contributed by atoms with van der Waals surface area (Å²) in [5.41, 5.74) is 1.82. The molecule has 4 rings (SSSR count). The van der Waals surface area contributed by atoms with Crippen molar-refractivity contribution in [3.05, 3.63) is 67.7 Å². The fourth-order valence-corrected chi connectivity index (χ4v) is 3.18. The minimum Gasteiger partial charge on any atom is -0.488 e. The number of fused-ring (bicyclic) bond motifs is 2. The molecule has 0 aliphatic carbocycles. The molecule has 0 atom stereocenters. The number of nitro benzene ring substituents is 1. The second-order valence-corrected chi connectivity index (χ2v) is 6.61. The van der Waals surface area contributed by atoms with Gasteiger partial charge in [-0.3, -0.25) is 10.1 Å². The Morgan fingerprint density at radius 1 is 1.21 bits per heavy atom. The maximum Gasteiger partial charge on any atom is 0.337 e. The van der Waals surface area contributed by atoms with Crippen LogP contribution in [-0.4, -0.2) is 24.3 Å². The van der Waals surface area contributed by atoms with Gasteiger partial charge in [-0.2, -0.15) is 0 Å². The van der Waals surface area contributed by atoms with E-state index in [1.807, 2.05) is 0 Å². The van der Waals surface area contributed by atoms with Crippen molar-refractivity contribution in [1.82, 2.24) is 0 Å². The van der Waals surface area contributed by atoms with Gasteiger partial charge in [-0.1, -0.05) is 11.6 Å². The molecule has 2 aliphatic rings. The van der Waals surface area contributed by atoms with E-state index >= 15 is 0 Å². The fraction of sp³-hybridized carbons (Fsp3) is 0.211. The van der Waals surface area contributed by atoms with Gasteiger partial charge in [-0.25, -0.2) is 4.79 Å². The molecule has 0 spiro atoms. The van der Waals surface area contributed by atoms with Gasteiger partial charge in [0.1, 0.15) is 24.7 Å². The molecular formula is C19H14ClNO7. The van der Waals surface area contributed by atoms with E-state index in [4.69, 9.17) is 30.5 Å². The highest BCUT2D eigenvalue weighted by Gasteiger charge is 2.23. The van der Waals surface area contributed by atoms with Crippen molar-refractivity contribution in [2.24, 2.45) is 0 Å². The van der Waals surface area contributed by atoms with Gasteiger partial charge in [0.25, 0.3) is 5.69 Å². The average Bonchev–Trinajstić information content (AvgIpc) is 2.70. The van der Waals surface area contributed by atoms with Gasteiger partial charge in [-0.05, 0) is 24.3 Å². The second-order valence-electron chi connectivity index (χ2n) is 6.18. The molecule has 144 valence electrons. The van der Waals surface area contributed by atoms with Crippen LogP contribution in [0, 0.1) is 10.1 Å². The fourth-order valence-electron chi connectivity index (χ4n) is 3.00. The van der Waals surface area contributed by atoms with E-state index in [9.17, 15) is 14.9 Å². The van der Waals surface area contributed by atoms with Crippen LogP contribution in [0.25, 0.3) is 6.08 Å². The molecule has 0 fully saturated rings. The first-order valence-electron chi connectivity index (χ1n) is 8.32. The molecule has 0 N–H and O–H groups in total. The van der Waals surface area contributed by atoms with Gasteiger partial charge in [0.2, 0.25) is 0 Å². The van der Waals surface area contributed by atoms with Crippen LogP contribution in [0.2, 0.25) is 5.02 Å². The summed E-state index contributed by atoms with van der Waals surface area (Å²) in [4.78, 5) is 23.1. The highest BCUT2D eigenvalue weighted by Crippen LogP contribution is 2.34. The number of nitro groups is 1. The monoisotopic (exact) mass is 403 g/mol. The number of hydrogen-bond donors (Lipinski definition) is 0. The van der Waals surface area contributed by atoms with Crippen LogP contribution in [0.5, 0.6) is 11.5 Å². The van der Waals surface area contributed by atoms with Crippen LogP contribution in [0.1, 0.15) is 16.7 Å². The number of esters is 1. The summed E-state index contributed by atoms with van der Waals surface area (Å²) in [6.45, 7) is 0.101. The van der Waals surface area contributed by atoms with Gasteiger partial charge in [-0.15, -0.1) is 0 Å². The van der Waals surface area contributed by atoms with Crippen LogP contribution >= 0.6 is 11.6 Å². The lowest BCUT2D eigenvalue weighted by molar-refractivity contribution is -0.385. The van der Waals surface area contributed by atoms with E-state index in [1.54, 1.807) is 24.3 Å². The van der Waals surface area contributed by atoms with Crippen molar-refractivity contribution >= 4 is 29.3 Å². The summed E-state index contributed by atoms with van der Waals surface area (Å²) in [5.74, 6) is 0.482. The Labute approximate surface area is 164 Å². The minimum absolute atomic E-state index is 0.0301. The molecule has 0 amide bonds. The summed E-state index contributed by atoms with van der Waals surface area (Å²) in [6.07, 6.45) is 1.65. The molecule has 2 heterocycles. The van der Waals surface area contributed by atoms with E-state index in [-0.39, 0.29) is 32.3 Å². The number of nitrogens with zero attached hydrogens (tertiary/aromatic N) is 1. The molecule has 0 unspecified atom stereocenters. The lowest BCUT2D eigenvalue weighted by Gasteiger charge is -2.21. The molecule has 0 radical (unpaired) electrons. The standard InChI is InChI=1S/C19H14ClNO7/c20-15-1-2-17-11(4-15)3-14(9-26-17)19(22)27-8-13-6-16(21(23)24)5-12-7-25-10-28-18(12)13/h1-6H,7-10H2. The average molecular weight is 404 g/mol. The van der Waals surface area contributed by atoms with Gasteiger partial charge in [0, 0.05) is 33.8 Å². The van der Waals surface area contributed by atoms with Crippen LogP contribution in [0.4, 0.5) is 5.69 Å². The molecule has 0 bridgehead atoms. The third-order valence-corrected chi connectivity index (χ3v) is 4.52. The predicted octanol–water partition coefficient (Wildman–Crippen LogP) is 3.63. The number of ether oxygens (including phenoxy) is 4. The van der Waals surface area contributed by atoms with Gasteiger partial charge in [0.15, 0.2) is 6.79 Å². The topological polar surface area (TPSA) is 97.1 Å². The summed E-state index contributed by atoms with van der Waals surface area (Å²) >= 11 is 5.97. The zero-order valence-corrected chi connectivity index (χ0v) is 15.2. The van der Waals surface area contributed by atoms with Crippen LogP contribution in [-0.2, 0) is 27.5 Å². The Hall–Kier alpha value is -3.10. The van der Waals surface area contributed by atoms with Crippen molar-refractivity contribution in [2.75, 3.05) is 13.4 Å². The first-order valence-corrected chi connectivity index (χ1v) is 8.70. The quantitative estimate of drug-likeness (QED) is 0.436. The van der Waals surface area contributed by atoms with Crippen molar-refractivity contribution in [2.45, 2.75) is 13.2 Å². The molecule has 8 nitrogen and oxygen atoms in total. The maximum atomic E-state index is 12.5. The van der Waals surface area contributed by atoms with Gasteiger partial charge < -0.3 is 18.9 Å². The number of benzene rings is 2. The zero-order chi connectivity index (χ0) is 19.7. The van der Waals surface area contributed by atoms with E-state index in [2.05, 4.69) is 0 Å². The Balaban J connectivity index is 1.54. The first-order chi connectivity index (χ1) is 13.5. The summed E-state index contributed by atoms with van der Waals surface area (Å²) in [6, 6.07) is 7.84. The minimum atomic E-state index is -0.585. The van der Waals surface area contributed by atoms with E-state index in [0.717, 1.165) is 0 Å². The second kappa shape index (κ2) is 7.49. The largest absolute Gasteiger partial charge is 0.488 e. The maximum absolute atomic E-state index is 12.5. The normalized spacial score (nSPS) is 14.7. The number of halogens is 1. The van der Waals surface area contributed by atoms with Crippen LogP contribution in [0.3, 0.4) is 0 Å². The highest BCUT2D eigenvalue weighted by molar-refractivity contribution is 6.30. The smallest absolute Gasteiger partial charge is 0.337 e. The molecule has 9 heteroatoms. The third-order valence-electron chi connectivity index (χ3n) is 4.29. The summed E-state index contributed by atoms with van der Waals surface area (Å²) < 4.78 is 21.5. The number of non-ortho nitro benzene ring substituents is 1. The van der Waals surface area contributed by atoms with E-state index in [0.29, 0.717) is 38.8 Å². The summed E-state index contributed by atoms with van der Waals surface area (Å²) in [7, 11) is 0. The molecule has 0 saturated carbocycles. The van der Waals surface area contributed by atoms with Crippen molar-refractivity contribution in [3.63, 3.8) is 0 Å². The lowest BCUT2D eigenvalue weighted by atomic mass is 10.1. The van der Waals surface area contributed by atoms with E-state index < -0.39 is 10.9 Å². The number of hydrogen-bond acceptors (Lipinski definition) is 7. The predicted molar refractivity (Wildman–Crippen MR) is 98.1 cm³/mol. The Kier molecular flexibility index (Phi) is 4.89. The molecular weight excluding hydrogens is 390 g/mol. The van der Waals surface area contributed by atoms with Crippen LogP contribution in [0.15, 0.2) is 35.9 Å². The Morgan fingerprint density at radius 3 is 2.89 bits per heavy atom. The SMILES string of the molecule is O=C(OCc1cc([N+](=O)[O-])cc2c1OCOC2)C1=Cc2cc(Cl)ccc2OC1. The van der Waals surface area contributed by atoms with Crippen molar-refractivity contribution in [1.29, 1.82) is 0 Å². The third kappa shape index (κ3) is 3.64. The van der Waals surface area contributed by atoms with E-state index in [1.165, 1.54) is 12.1 Å². The number of carbonyl (C=O) groups excluding carboxylic acids is 1. The molecule has 2 aromatic rings. The Morgan fingerprint density at radius 2 is 2.07 bits per heavy atom. The lowest BCUT2D eigenvalue weighted by Crippen LogP contribution is -2.18. The molecule has 0 aromatic heterocycles. The number of rotatable bonds is 4.